The van der Waals surface area contributed by atoms with E-state index in [0.29, 0.717) is 17.1 Å². The Morgan fingerprint density at radius 3 is 2.44 bits per heavy atom. The van der Waals surface area contributed by atoms with Crippen molar-refractivity contribution in [2.75, 3.05) is 12.0 Å². The first-order chi connectivity index (χ1) is 13.0. The summed E-state index contributed by atoms with van der Waals surface area (Å²) >= 11 is 1.23. The van der Waals surface area contributed by atoms with Crippen molar-refractivity contribution in [2.45, 2.75) is 18.6 Å². The average molecular weight is 378 g/mol. The summed E-state index contributed by atoms with van der Waals surface area (Å²) in [4.78, 5) is 26.6. The SMILES string of the molecule is COC(=O)/C(C#N)=C1\SC(Cc2ccc(C)cc2)C(=O)N1c1ccccc1. The number of rotatable bonds is 4. The van der Waals surface area contributed by atoms with E-state index in [-0.39, 0.29) is 11.5 Å². The normalized spacial score (nSPS) is 18.2. The van der Waals surface area contributed by atoms with Crippen molar-refractivity contribution in [3.05, 3.63) is 76.3 Å². The number of esters is 1. The van der Waals surface area contributed by atoms with E-state index in [4.69, 9.17) is 4.74 Å². The Hall–Kier alpha value is -3.04. The van der Waals surface area contributed by atoms with Gasteiger partial charge in [-0.1, -0.05) is 59.8 Å². The van der Waals surface area contributed by atoms with Crippen LogP contribution in [-0.2, 0) is 20.7 Å². The third-order valence-corrected chi connectivity index (χ3v) is 5.49. The van der Waals surface area contributed by atoms with Gasteiger partial charge in [-0.25, -0.2) is 4.79 Å². The van der Waals surface area contributed by atoms with E-state index >= 15 is 0 Å². The van der Waals surface area contributed by atoms with Gasteiger partial charge in [0.05, 0.1) is 12.4 Å². The van der Waals surface area contributed by atoms with Crippen molar-refractivity contribution in [3.63, 3.8) is 0 Å². The summed E-state index contributed by atoms with van der Waals surface area (Å²) < 4.78 is 4.73. The van der Waals surface area contributed by atoms with Crippen LogP contribution in [0.25, 0.3) is 0 Å². The van der Waals surface area contributed by atoms with Crippen LogP contribution in [0.15, 0.2) is 65.2 Å². The minimum absolute atomic E-state index is 0.154. The molecular formula is C21H18N2O3S. The van der Waals surface area contributed by atoms with Crippen LogP contribution >= 0.6 is 11.8 Å². The van der Waals surface area contributed by atoms with E-state index in [2.05, 4.69) is 0 Å². The Bertz CT molecular complexity index is 930. The number of aryl methyl sites for hydroxylation is 1. The van der Waals surface area contributed by atoms with Gasteiger partial charge in [-0.05, 0) is 31.0 Å². The largest absolute Gasteiger partial charge is 0.465 e. The van der Waals surface area contributed by atoms with E-state index in [1.165, 1.54) is 23.8 Å². The zero-order valence-electron chi connectivity index (χ0n) is 15.0. The predicted molar refractivity (Wildman–Crippen MR) is 105 cm³/mol. The maximum Gasteiger partial charge on any atom is 0.351 e. The number of para-hydroxylation sites is 1. The van der Waals surface area contributed by atoms with Gasteiger partial charge in [0.25, 0.3) is 0 Å². The van der Waals surface area contributed by atoms with Crippen LogP contribution in [0, 0.1) is 18.3 Å². The molecule has 1 unspecified atom stereocenters. The molecule has 0 aromatic heterocycles. The third-order valence-electron chi connectivity index (χ3n) is 4.22. The number of amides is 1. The van der Waals surface area contributed by atoms with Gasteiger partial charge in [-0.3, -0.25) is 9.69 Å². The van der Waals surface area contributed by atoms with Crippen LogP contribution < -0.4 is 4.90 Å². The number of ether oxygens (including phenoxy) is 1. The fraction of sp³-hybridized carbons (Fsp3) is 0.190. The molecule has 136 valence electrons. The van der Waals surface area contributed by atoms with Crippen molar-refractivity contribution in [1.29, 1.82) is 5.26 Å². The molecule has 1 aliphatic rings. The second kappa shape index (κ2) is 8.11. The molecule has 2 aromatic carbocycles. The predicted octanol–water partition coefficient (Wildman–Crippen LogP) is 3.59. The topological polar surface area (TPSA) is 70.4 Å². The monoisotopic (exact) mass is 378 g/mol. The number of carbonyl (C=O) groups excluding carboxylic acids is 2. The zero-order valence-corrected chi connectivity index (χ0v) is 15.8. The van der Waals surface area contributed by atoms with E-state index in [1.54, 1.807) is 12.1 Å². The molecule has 1 heterocycles. The van der Waals surface area contributed by atoms with E-state index in [0.717, 1.165) is 11.1 Å². The standard InChI is InChI=1S/C21H18N2O3S/c1-14-8-10-15(11-9-14)12-18-19(24)23(16-6-4-3-5-7-16)20(27-18)17(13-22)21(25)26-2/h3-11,18H,12H2,1-2H3/b20-17-. The quantitative estimate of drug-likeness (QED) is 0.462. The lowest BCUT2D eigenvalue weighted by Crippen LogP contribution is -2.30. The number of thioether (sulfide) groups is 1. The first-order valence-corrected chi connectivity index (χ1v) is 9.27. The van der Waals surface area contributed by atoms with Gasteiger partial charge in [0.1, 0.15) is 11.1 Å². The summed E-state index contributed by atoms with van der Waals surface area (Å²) in [6.07, 6.45) is 0.510. The first-order valence-electron chi connectivity index (χ1n) is 8.39. The molecule has 1 atom stereocenters. The molecule has 0 aliphatic carbocycles. The second-order valence-corrected chi connectivity index (χ2v) is 7.28. The highest BCUT2D eigenvalue weighted by Gasteiger charge is 2.40. The summed E-state index contributed by atoms with van der Waals surface area (Å²) in [6, 6.07) is 18.9. The highest BCUT2D eigenvalue weighted by Crippen LogP contribution is 2.41. The number of benzene rings is 2. The second-order valence-electron chi connectivity index (χ2n) is 6.09. The summed E-state index contributed by atoms with van der Waals surface area (Å²) in [6.45, 7) is 2.01. The van der Waals surface area contributed by atoms with Crippen LogP contribution in [0.4, 0.5) is 5.69 Å². The summed E-state index contributed by atoms with van der Waals surface area (Å²) in [5.41, 5.74) is 2.63. The summed E-state index contributed by atoms with van der Waals surface area (Å²) in [7, 11) is 1.22. The number of hydrogen-bond donors (Lipinski definition) is 0. The molecule has 0 bridgehead atoms. The van der Waals surface area contributed by atoms with Crippen LogP contribution in [0.1, 0.15) is 11.1 Å². The van der Waals surface area contributed by atoms with Crippen molar-refractivity contribution in [1.82, 2.24) is 0 Å². The van der Waals surface area contributed by atoms with Crippen molar-refractivity contribution >= 4 is 29.3 Å². The molecule has 1 amide bonds. The van der Waals surface area contributed by atoms with Gasteiger partial charge in [0.2, 0.25) is 5.91 Å². The molecule has 0 spiro atoms. The lowest BCUT2D eigenvalue weighted by Gasteiger charge is -2.18. The fourth-order valence-corrected chi connectivity index (χ4v) is 4.12. The van der Waals surface area contributed by atoms with Crippen LogP contribution in [0.3, 0.4) is 0 Å². The Kier molecular flexibility index (Phi) is 5.63. The maximum absolute atomic E-state index is 13.1. The molecule has 0 saturated carbocycles. The first kappa shape index (κ1) is 18.7. The molecular weight excluding hydrogens is 360 g/mol. The molecule has 0 radical (unpaired) electrons. The number of methoxy groups -OCH3 is 1. The molecule has 1 aliphatic heterocycles. The molecule has 27 heavy (non-hydrogen) atoms. The maximum atomic E-state index is 13.1. The highest BCUT2D eigenvalue weighted by atomic mass is 32.2. The molecule has 0 N–H and O–H groups in total. The smallest absolute Gasteiger partial charge is 0.351 e. The molecule has 1 saturated heterocycles. The Morgan fingerprint density at radius 2 is 1.85 bits per heavy atom. The average Bonchev–Trinajstić information content (AvgIpc) is 3.00. The van der Waals surface area contributed by atoms with Gasteiger partial charge in [0, 0.05) is 5.69 Å². The molecule has 5 nitrogen and oxygen atoms in total. The van der Waals surface area contributed by atoms with Crippen LogP contribution in [0.2, 0.25) is 0 Å². The lowest BCUT2D eigenvalue weighted by molar-refractivity contribution is -0.135. The van der Waals surface area contributed by atoms with E-state index < -0.39 is 11.2 Å². The van der Waals surface area contributed by atoms with Gasteiger partial charge in [0.15, 0.2) is 5.57 Å². The lowest BCUT2D eigenvalue weighted by atomic mass is 10.1. The van der Waals surface area contributed by atoms with Gasteiger partial charge < -0.3 is 4.74 Å². The number of anilines is 1. The van der Waals surface area contributed by atoms with E-state index in [1.807, 2.05) is 55.5 Å². The van der Waals surface area contributed by atoms with Gasteiger partial charge in [-0.15, -0.1) is 0 Å². The van der Waals surface area contributed by atoms with Gasteiger partial charge >= 0.3 is 5.97 Å². The Labute approximate surface area is 162 Å². The van der Waals surface area contributed by atoms with Crippen molar-refractivity contribution < 1.29 is 14.3 Å². The molecule has 3 rings (SSSR count). The number of nitriles is 1. The highest BCUT2D eigenvalue weighted by molar-refractivity contribution is 8.05. The van der Waals surface area contributed by atoms with Crippen molar-refractivity contribution in [2.24, 2.45) is 0 Å². The summed E-state index contributed by atoms with van der Waals surface area (Å²) in [5, 5.41) is 9.38. The Balaban J connectivity index is 2.02. The fourth-order valence-electron chi connectivity index (χ4n) is 2.82. The Morgan fingerprint density at radius 1 is 1.19 bits per heavy atom. The van der Waals surface area contributed by atoms with Crippen LogP contribution in [0.5, 0.6) is 0 Å². The minimum atomic E-state index is -0.746. The van der Waals surface area contributed by atoms with Crippen molar-refractivity contribution in [3.8, 4) is 6.07 Å². The number of carbonyl (C=O) groups is 2. The molecule has 6 heteroatoms. The zero-order chi connectivity index (χ0) is 19.4. The number of hydrogen-bond acceptors (Lipinski definition) is 5. The molecule has 2 aromatic rings. The minimum Gasteiger partial charge on any atom is -0.465 e. The van der Waals surface area contributed by atoms with Crippen LogP contribution in [-0.4, -0.2) is 24.2 Å². The van der Waals surface area contributed by atoms with E-state index in [9.17, 15) is 14.9 Å². The summed E-state index contributed by atoms with van der Waals surface area (Å²) in [5.74, 6) is -0.900. The molecule has 1 fully saturated rings. The third kappa shape index (κ3) is 3.88. The van der Waals surface area contributed by atoms with Gasteiger partial charge in [-0.2, -0.15) is 5.26 Å². The number of nitrogens with zero attached hydrogens (tertiary/aromatic N) is 2.